The Morgan fingerprint density at radius 1 is 1.44 bits per heavy atom. The highest BCUT2D eigenvalue weighted by Gasteiger charge is 2.32. The molecule has 0 spiro atoms. The van der Waals surface area contributed by atoms with Crippen LogP contribution in [-0.2, 0) is 0 Å². The van der Waals surface area contributed by atoms with Gasteiger partial charge >= 0.3 is 0 Å². The van der Waals surface area contributed by atoms with Gasteiger partial charge in [0, 0.05) is 38.3 Å². The fourth-order valence-corrected chi connectivity index (χ4v) is 4.20. The monoisotopic (exact) mass is 243 g/mol. The van der Waals surface area contributed by atoms with Gasteiger partial charge in [-0.3, -0.25) is 4.90 Å². The van der Waals surface area contributed by atoms with Gasteiger partial charge in [0.2, 0.25) is 0 Å². The summed E-state index contributed by atoms with van der Waals surface area (Å²) in [5.74, 6) is 3.50. The number of thioether (sulfide) groups is 1. The standard InChI is InChI=1S/C12H25N3S/c1-10-8-15(5-4-14(10)2)12(7-13)11-3-6-16-9-11/h10-12H,3-9,13H2,1-2H3. The first-order chi connectivity index (χ1) is 7.72. The van der Waals surface area contributed by atoms with Crippen LogP contribution in [0.25, 0.3) is 0 Å². The number of likely N-dealkylation sites (N-methyl/N-ethyl adjacent to an activating group) is 1. The fraction of sp³-hybridized carbons (Fsp3) is 1.00. The van der Waals surface area contributed by atoms with Crippen LogP contribution in [0.15, 0.2) is 0 Å². The number of piperazine rings is 1. The zero-order valence-corrected chi connectivity index (χ0v) is 11.4. The van der Waals surface area contributed by atoms with Gasteiger partial charge < -0.3 is 10.6 Å². The normalized spacial score (nSPS) is 35.4. The lowest BCUT2D eigenvalue weighted by molar-refractivity contribution is 0.0563. The molecule has 2 aliphatic heterocycles. The van der Waals surface area contributed by atoms with E-state index in [2.05, 4.69) is 35.5 Å². The summed E-state index contributed by atoms with van der Waals surface area (Å²) < 4.78 is 0. The third kappa shape index (κ3) is 2.73. The van der Waals surface area contributed by atoms with E-state index in [1.54, 1.807) is 0 Å². The van der Waals surface area contributed by atoms with Crippen molar-refractivity contribution in [2.75, 3.05) is 44.7 Å². The topological polar surface area (TPSA) is 32.5 Å². The van der Waals surface area contributed by atoms with E-state index in [4.69, 9.17) is 5.73 Å². The molecule has 0 radical (unpaired) electrons. The lowest BCUT2D eigenvalue weighted by atomic mass is 9.96. The molecule has 2 fully saturated rings. The quantitative estimate of drug-likeness (QED) is 0.791. The molecule has 2 saturated heterocycles. The third-order valence-electron chi connectivity index (χ3n) is 4.21. The van der Waals surface area contributed by atoms with E-state index in [-0.39, 0.29) is 0 Å². The van der Waals surface area contributed by atoms with Gasteiger partial charge in [-0.25, -0.2) is 0 Å². The molecule has 3 unspecified atom stereocenters. The van der Waals surface area contributed by atoms with Gasteiger partial charge in [0.15, 0.2) is 0 Å². The van der Waals surface area contributed by atoms with Crippen molar-refractivity contribution < 1.29 is 0 Å². The third-order valence-corrected chi connectivity index (χ3v) is 5.40. The van der Waals surface area contributed by atoms with Gasteiger partial charge in [0.25, 0.3) is 0 Å². The summed E-state index contributed by atoms with van der Waals surface area (Å²) in [6, 6.07) is 1.31. The molecule has 16 heavy (non-hydrogen) atoms. The summed E-state index contributed by atoms with van der Waals surface area (Å²) in [7, 11) is 2.23. The summed E-state index contributed by atoms with van der Waals surface area (Å²) >= 11 is 2.10. The lowest BCUT2D eigenvalue weighted by Crippen LogP contribution is -2.57. The van der Waals surface area contributed by atoms with Crippen molar-refractivity contribution in [2.45, 2.75) is 25.4 Å². The lowest BCUT2D eigenvalue weighted by Gasteiger charge is -2.43. The highest BCUT2D eigenvalue weighted by molar-refractivity contribution is 7.99. The van der Waals surface area contributed by atoms with E-state index in [9.17, 15) is 0 Å². The summed E-state index contributed by atoms with van der Waals surface area (Å²) in [5.41, 5.74) is 6.00. The van der Waals surface area contributed by atoms with E-state index >= 15 is 0 Å². The largest absolute Gasteiger partial charge is 0.329 e. The zero-order valence-electron chi connectivity index (χ0n) is 10.6. The van der Waals surface area contributed by atoms with E-state index in [1.807, 2.05) is 0 Å². The van der Waals surface area contributed by atoms with Crippen LogP contribution in [-0.4, -0.2) is 66.6 Å². The Hall–Kier alpha value is 0.230. The first-order valence-electron chi connectivity index (χ1n) is 6.44. The molecular weight excluding hydrogens is 218 g/mol. The first-order valence-corrected chi connectivity index (χ1v) is 7.60. The van der Waals surface area contributed by atoms with E-state index in [1.165, 1.54) is 37.6 Å². The van der Waals surface area contributed by atoms with Gasteiger partial charge in [0.05, 0.1) is 0 Å². The van der Waals surface area contributed by atoms with Gasteiger partial charge in [0.1, 0.15) is 0 Å². The van der Waals surface area contributed by atoms with Crippen molar-refractivity contribution in [1.29, 1.82) is 0 Å². The molecule has 2 rings (SSSR count). The number of rotatable bonds is 3. The summed E-state index contributed by atoms with van der Waals surface area (Å²) in [5, 5.41) is 0. The maximum absolute atomic E-state index is 6.00. The molecule has 0 aromatic heterocycles. The maximum atomic E-state index is 6.00. The zero-order chi connectivity index (χ0) is 11.5. The average molecular weight is 243 g/mol. The Morgan fingerprint density at radius 2 is 2.25 bits per heavy atom. The molecule has 0 aliphatic carbocycles. The molecule has 3 atom stereocenters. The smallest absolute Gasteiger partial charge is 0.0255 e. The van der Waals surface area contributed by atoms with Crippen molar-refractivity contribution in [3.8, 4) is 0 Å². The molecule has 0 saturated carbocycles. The van der Waals surface area contributed by atoms with Crippen LogP contribution in [0.2, 0.25) is 0 Å². The van der Waals surface area contributed by atoms with Crippen molar-refractivity contribution >= 4 is 11.8 Å². The average Bonchev–Trinajstić information content (AvgIpc) is 2.78. The molecular formula is C12H25N3S. The molecule has 94 valence electrons. The second-order valence-corrected chi connectivity index (χ2v) is 6.40. The SMILES string of the molecule is CC1CN(C(CN)C2CCSC2)CCN1C. The molecule has 2 heterocycles. The molecule has 4 heteroatoms. The second kappa shape index (κ2) is 5.71. The Bertz CT molecular complexity index is 218. The van der Waals surface area contributed by atoms with Gasteiger partial charge in [-0.2, -0.15) is 11.8 Å². The van der Waals surface area contributed by atoms with E-state index in [0.29, 0.717) is 12.1 Å². The van der Waals surface area contributed by atoms with Gasteiger partial charge in [-0.05, 0) is 37.8 Å². The number of hydrogen-bond acceptors (Lipinski definition) is 4. The number of hydrogen-bond donors (Lipinski definition) is 1. The van der Waals surface area contributed by atoms with Gasteiger partial charge in [-0.15, -0.1) is 0 Å². The van der Waals surface area contributed by atoms with E-state index in [0.717, 1.165) is 12.5 Å². The Kier molecular flexibility index (Phi) is 4.53. The highest BCUT2D eigenvalue weighted by atomic mass is 32.2. The molecule has 0 amide bonds. The van der Waals surface area contributed by atoms with Crippen molar-refractivity contribution in [2.24, 2.45) is 11.7 Å². The molecule has 2 aliphatic rings. The minimum atomic E-state index is 0.631. The van der Waals surface area contributed by atoms with Crippen LogP contribution < -0.4 is 5.73 Å². The first kappa shape index (κ1) is 12.7. The van der Waals surface area contributed by atoms with Crippen molar-refractivity contribution in [3.63, 3.8) is 0 Å². The number of nitrogens with zero attached hydrogens (tertiary/aromatic N) is 2. The predicted molar refractivity (Wildman–Crippen MR) is 71.9 cm³/mol. The predicted octanol–water partition coefficient (Wildman–Crippen LogP) is 0.703. The Morgan fingerprint density at radius 3 is 2.81 bits per heavy atom. The molecule has 0 aromatic rings. The Labute approximate surface area is 104 Å². The Balaban J connectivity index is 1.93. The fourth-order valence-electron chi connectivity index (χ4n) is 2.87. The van der Waals surface area contributed by atoms with Crippen LogP contribution in [0.4, 0.5) is 0 Å². The number of nitrogens with two attached hydrogens (primary N) is 1. The van der Waals surface area contributed by atoms with E-state index < -0.39 is 0 Å². The molecule has 2 N–H and O–H groups in total. The summed E-state index contributed by atoms with van der Waals surface area (Å²) in [6.07, 6.45) is 1.37. The van der Waals surface area contributed by atoms with Crippen molar-refractivity contribution in [3.05, 3.63) is 0 Å². The van der Waals surface area contributed by atoms with Crippen LogP contribution >= 0.6 is 11.8 Å². The highest BCUT2D eigenvalue weighted by Crippen LogP contribution is 2.29. The second-order valence-electron chi connectivity index (χ2n) is 5.25. The van der Waals surface area contributed by atoms with Gasteiger partial charge in [-0.1, -0.05) is 0 Å². The molecule has 0 aromatic carbocycles. The van der Waals surface area contributed by atoms with Crippen LogP contribution in [0.5, 0.6) is 0 Å². The molecule has 3 nitrogen and oxygen atoms in total. The van der Waals surface area contributed by atoms with Crippen LogP contribution in [0, 0.1) is 5.92 Å². The van der Waals surface area contributed by atoms with Crippen LogP contribution in [0.1, 0.15) is 13.3 Å². The van der Waals surface area contributed by atoms with Crippen LogP contribution in [0.3, 0.4) is 0 Å². The summed E-state index contributed by atoms with van der Waals surface area (Å²) in [4.78, 5) is 5.09. The van der Waals surface area contributed by atoms with Crippen molar-refractivity contribution in [1.82, 2.24) is 9.80 Å². The summed E-state index contributed by atoms with van der Waals surface area (Å²) in [6.45, 7) is 6.74. The minimum Gasteiger partial charge on any atom is -0.329 e. The maximum Gasteiger partial charge on any atom is 0.0255 e. The molecule has 0 bridgehead atoms. The minimum absolute atomic E-state index is 0.631.